The molecular formula is C11H18N2. The maximum absolute atomic E-state index is 4.29. The fraction of sp³-hybridized carbons (Fsp3) is 0.545. The molecule has 0 unspecified atom stereocenters. The molecule has 1 saturated heterocycles. The molecule has 1 aliphatic heterocycles. The molecule has 0 radical (unpaired) electrons. The van der Waals surface area contributed by atoms with E-state index in [2.05, 4.69) is 23.4 Å². The summed E-state index contributed by atoms with van der Waals surface area (Å²) in [5.74, 6) is 1.69. The molecule has 0 N–H and O–H groups in total. The molecule has 72 valence electrons. The van der Waals surface area contributed by atoms with Crippen LogP contribution in [0.3, 0.4) is 0 Å². The van der Waals surface area contributed by atoms with Gasteiger partial charge in [-0.1, -0.05) is 19.6 Å². The highest BCUT2D eigenvalue weighted by Crippen LogP contribution is 2.19. The Morgan fingerprint density at radius 3 is 2.62 bits per heavy atom. The van der Waals surface area contributed by atoms with E-state index in [0.717, 1.165) is 24.8 Å². The molecule has 2 heteroatoms. The summed E-state index contributed by atoms with van der Waals surface area (Å²) in [4.78, 5) is 6.49. The zero-order chi connectivity index (χ0) is 9.84. The lowest BCUT2D eigenvalue weighted by molar-refractivity contribution is 0.157. The molecule has 0 aromatic carbocycles. The van der Waals surface area contributed by atoms with E-state index >= 15 is 0 Å². The van der Waals surface area contributed by atoms with E-state index in [1.54, 1.807) is 0 Å². The minimum atomic E-state index is 0.801. The van der Waals surface area contributed by atoms with Crippen molar-refractivity contribution in [3.05, 3.63) is 24.0 Å². The van der Waals surface area contributed by atoms with Crippen LogP contribution in [0.4, 0.5) is 0 Å². The predicted octanol–water partition coefficient (Wildman–Crippen LogP) is 2.45. The Morgan fingerprint density at radius 1 is 1.54 bits per heavy atom. The highest BCUT2D eigenvalue weighted by molar-refractivity contribution is 5.78. The minimum absolute atomic E-state index is 0.801. The van der Waals surface area contributed by atoms with Crippen LogP contribution in [0.15, 0.2) is 29.0 Å². The van der Waals surface area contributed by atoms with Crippen molar-refractivity contribution in [3.63, 3.8) is 0 Å². The van der Waals surface area contributed by atoms with Gasteiger partial charge in [0, 0.05) is 19.3 Å². The fourth-order valence-electron chi connectivity index (χ4n) is 1.24. The monoisotopic (exact) mass is 178 g/mol. The number of rotatable bonds is 3. The smallest absolute Gasteiger partial charge is 0.121 e. The summed E-state index contributed by atoms with van der Waals surface area (Å²) in [5.41, 5.74) is 1.18. The van der Waals surface area contributed by atoms with Crippen molar-refractivity contribution in [3.8, 4) is 0 Å². The van der Waals surface area contributed by atoms with Crippen LogP contribution in [-0.4, -0.2) is 24.2 Å². The van der Waals surface area contributed by atoms with Crippen molar-refractivity contribution in [2.45, 2.75) is 20.8 Å². The Morgan fingerprint density at radius 2 is 2.15 bits per heavy atom. The molecule has 0 aromatic rings. The van der Waals surface area contributed by atoms with Gasteiger partial charge >= 0.3 is 0 Å². The van der Waals surface area contributed by atoms with Crippen LogP contribution >= 0.6 is 0 Å². The van der Waals surface area contributed by atoms with Crippen LogP contribution in [0.5, 0.6) is 0 Å². The van der Waals surface area contributed by atoms with Gasteiger partial charge in [0.1, 0.15) is 5.82 Å². The van der Waals surface area contributed by atoms with E-state index < -0.39 is 0 Å². The van der Waals surface area contributed by atoms with Crippen molar-refractivity contribution < 1.29 is 0 Å². The number of aliphatic imine (C=N–C) groups is 1. The van der Waals surface area contributed by atoms with Gasteiger partial charge in [-0.2, -0.15) is 0 Å². The molecule has 0 amide bonds. The van der Waals surface area contributed by atoms with Gasteiger partial charge in [0.15, 0.2) is 0 Å². The topological polar surface area (TPSA) is 15.6 Å². The third-order valence-electron chi connectivity index (χ3n) is 2.30. The van der Waals surface area contributed by atoms with Gasteiger partial charge in [-0.3, -0.25) is 0 Å². The van der Waals surface area contributed by atoms with E-state index in [1.807, 2.05) is 26.1 Å². The standard InChI is InChI=1S/C11H18N2/c1-5-9(2)6-12-11(4)13-7-10(3)8-13/h5-6,10H,4,7-8H2,1-3H3/b9-5-,12-6-. The van der Waals surface area contributed by atoms with Crippen LogP contribution in [-0.2, 0) is 0 Å². The lowest BCUT2D eigenvalue weighted by Crippen LogP contribution is -2.43. The maximum Gasteiger partial charge on any atom is 0.121 e. The number of hydrogen-bond donors (Lipinski definition) is 0. The summed E-state index contributed by atoms with van der Waals surface area (Å²) in [6, 6.07) is 0. The normalized spacial score (nSPS) is 19.3. The quantitative estimate of drug-likeness (QED) is 0.606. The number of allylic oxidation sites excluding steroid dienone is 2. The molecule has 13 heavy (non-hydrogen) atoms. The Hall–Kier alpha value is -1.05. The van der Waals surface area contributed by atoms with Crippen LogP contribution in [0.2, 0.25) is 0 Å². The third kappa shape index (κ3) is 2.72. The molecule has 1 heterocycles. The van der Waals surface area contributed by atoms with Crippen molar-refractivity contribution in [2.75, 3.05) is 13.1 Å². The summed E-state index contributed by atoms with van der Waals surface area (Å²) in [7, 11) is 0. The summed E-state index contributed by atoms with van der Waals surface area (Å²) in [6.07, 6.45) is 3.90. The number of nitrogens with zero attached hydrogens (tertiary/aromatic N) is 2. The highest BCUT2D eigenvalue weighted by atomic mass is 15.3. The summed E-state index contributed by atoms with van der Waals surface area (Å²) < 4.78 is 0. The Kier molecular flexibility index (Phi) is 3.29. The van der Waals surface area contributed by atoms with E-state index in [9.17, 15) is 0 Å². The second kappa shape index (κ2) is 4.26. The maximum atomic E-state index is 4.29. The zero-order valence-electron chi connectivity index (χ0n) is 8.75. The van der Waals surface area contributed by atoms with Gasteiger partial charge in [0.05, 0.1) is 0 Å². The first-order chi connectivity index (χ1) is 6.13. The number of likely N-dealkylation sites (tertiary alicyclic amines) is 1. The van der Waals surface area contributed by atoms with Crippen molar-refractivity contribution in [1.29, 1.82) is 0 Å². The molecule has 0 aromatic heterocycles. The second-order valence-corrected chi connectivity index (χ2v) is 3.72. The molecular weight excluding hydrogens is 160 g/mol. The van der Waals surface area contributed by atoms with Crippen molar-refractivity contribution in [2.24, 2.45) is 10.9 Å². The summed E-state index contributed by atoms with van der Waals surface area (Å²) in [5, 5.41) is 0. The average Bonchev–Trinajstić information content (AvgIpc) is 2.08. The van der Waals surface area contributed by atoms with E-state index in [-0.39, 0.29) is 0 Å². The molecule has 2 nitrogen and oxygen atoms in total. The minimum Gasteiger partial charge on any atom is -0.356 e. The first kappa shape index (κ1) is 10.0. The van der Waals surface area contributed by atoms with Crippen molar-refractivity contribution >= 4 is 6.21 Å². The third-order valence-corrected chi connectivity index (χ3v) is 2.30. The van der Waals surface area contributed by atoms with Crippen molar-refractivity contribution in [1.82, 2.24) is 4.90 Å². The summed E-state index contributed by atoms with van der Waals surface area (Å²) >= 11 is 0. The first-order valence-corrected chi connectivity index (χ1v) is 4.74. The van der Waals surface area contributed by atoms with Gasteiger partial charge in [0.2, 0.25) is 0 Å². The molecule has 0 saturated carbocycles. The number of hydrogen-bond acceptors (Lipinski definition) is 2. The zero-order valence-corrected chi connectivity index (χ0v) is 8.75. The largest absolute Gasteiger partial charge is 0.356 e. The molecule has 0 aliphatic carbocycles. The van der Waals surface area contributed by atoms with Crippen LogP contribution < -0.4 is 0 Å². The van der Waals surface area contributed by atoms with Gasteiger partial charge in [-0.05, 0) is 25.3 Å². The fourth-order valence-corrected chi connectivity index (χ4v) is 1.24. The molecule has 0 atom stereocenters. The molecule has 0 bridgehead atoms. The van der Waals surface area contributed by atoms with E-state index in [1.165, 1.54) is 5.57 Å². The summed E-state index contributed by atoms with van der Waals surface area (Å²) in [6.45, 7) is 12.4. The molecule has 1 aliphatic rings. The SMILES string of the molecule is C=C(/N=C\C(C)=C/C)N1CC(C)C1. The van der Waals surface area contributed by atoms with Crippen LogP contribution in [0, 0.1) is 5.92 Å². The predicted molar refractivity (Wildman–Crippen MR) is 57.8 cm³/mol. The Labute approximate surface area is 80.7 Å². The van der Waals surface area contributed by atoms with Gasteiger partial charge < -0.3 is 4.90 Å². The molecule has 1 rings (SSSR count). The lowest BCUT2D eigenvalue weighted by atomic mass is 10.0. The molecule has 1 fully saturated rings. The van der Waals surface area contributed by atoms with E-state index in [4.69, 9.17) is 0 Å². The average molecular weight is 178 g/mol. The van der Waals surface area contributed by atoms with Crippen LogP contribution in [0.1, 0.15) is 20.8 Å². The van der Waals surface area contributed by atoms with Gasteiger partial charge in [-0.25, -0.2) is 4.99 Å². The second-order valence-electron chi connectivity index (χ2n) is 3.72. The highest BCUT2D eigenvalue weighted by Gasteiger charge is 2.22. The van der Waals surface area contributed by atoms with Gasteiger partial charge in [-0.15, -0.1) is 0 Å². The Balaban J connectivity index is 2.38. The van der Waals surface area contributed by atoms with Gasteiger partial charge in [0.25, 0.3) is 0 Å². The molecule has 0 spiro atoms. The first-order valence-electron chi connectivity index (χ1n) is 4.74. The Bertz CT molecular complexity index is 245. The van der Waals surface area contributed by atoms with Crippen LogP contribution in [0.25, 0.3) is 0 Å². The van der Waals surface area contributed by atoms with E-state index in [0.29, 0.717) is 0 Å². The lowest BCUT2D eigenvalue weighted by Gasteiger charge is -2.38.